The Balaban J connectivity index is 4.17. The van der Waals surface area contributed by atoms with Crippen LogP contribution < -0.4 is 0 Å². The van der Waals surface area contributed by atoms with Crippen molar-refractivity contribution in [3.05, 3.63) is 72.9 Å². The smallest absolute Gasteiger partial charge is 0.306 e. The minimum atomic E-state index is -0.779. The highest BCUT2D eigenvalue weighted by Crippen LogP contribution is 2.18. The molecule has 0 bridgehead atoms. The maximum atomic E-state index is 12.9. The van der Waals surface area contributed by atoms with Gasteiger partial charge in [-0.2, -0.15) is 0 Å². The molecule has 0 fully saturated rings. The van der Waals surface area contributed by atoms with Crippen LogP contribution in [0.15, 0.2) is 72.9 Å². The number of hydrogen-bond donors (Lipinski definition) is 0. The van der Waals surface area contributed by atoms with E-state index >= 15 is 0 Å². The van der Waals surface area contributed by atoms with E-state index in [1.165, 1.54) is 225 Å². The van der Waals surface area contributed by atoms with Gasteiger partial charge < -0.3 is 14.2 Å². The lowest BCUT2D eigenvalue weighted by atomic mass is 10.0. The van der Waals surface area contributed by atoms with E-state index in [4.69, 9.17) is 14.2 Å². The Morgan fingerprint density at radius 1 is 0.263 bits per heavy atom. The molecule has 0 aromatic carbocycles. The summed E-state index contributed by atoms with van der Waals surface area (Å²) in [5.74, 6) is -0.871. The number of unbranched alkanes of at least 4 members (excludes halogenated alkanes) is 41. The van der Waals surface area contributed by atoms with Crippen LogP contribution in [0.1, 0.15) is 361 Å². The highest BCUT2D eigenvalue weighted by Gasteiger charge is 2.19. The first-order valence-corrected chi connectivity index (χ1v) is 34.9. The van der Waals surface area contributed by atoms with E-state index in [1.54, 1.807) is 0 Å². The second kappa shape index (κ2) is 68.3. The van der Waals surface area contributed by atoms with E-state index in [2.05, 4.69) is 93.7 Å². The minimum Gasteiger partial charge on any atom is -0.462 e. The number of hydrogen-bond acceptors (Lipinski definition) is 6. The predicted octanol–water partition coefficient (Wildman–Crippen LogP) is 24.1. The molecule has 6 nitrogen and oxygen atoms in total. The first-order valence-electron chi connectivity index (χ1n) is 34.9. The van der Waals surface area contributed by atoms with E-state index < -0.39 is 6.10 Å². The molecule has 6 heteroatoms. The first-order chi connectivity index (χ1) is 39.5. The Bertz CT molecular complexity index is 1470. The van der Waals surface area contributed by atoms with Crippen molar-refractivity contribution in [2.45, 2.75) is 367 Å². The maximum absolute atomic E-state index is 12.9. The summed E-state index contributed by atoms with van der Waals surface area (Å²) in [6.45, 7) is 6.51. The van der Waals surface area contributed by atoms with E-state index in [0.29, 0.717) is 19.3 Å². The SMILES string of the molecule is CC/C=C\C/C=C\C/C=C\C/C=C\CCCCCCCCCCCCCCC(=O)OC(COC(=O)CCCCCCC/C=C\CCC)COC(=O)CCCCCCCCCCCCCCCCC/C=C\CCCCCCCCCC. The quantitative estimate of drug-likeness (QED) is 0.0261. The summed E-state index contributed by atoms with van der Waals surface area (Å²) < 4.78 is 16.9. The van der Waals surface area contributed by atoms with Gasteiger partial charge in [-0.05, 0) is 103 Å². The van der Waals surface area contributed by atoms with E-state index in [-0.39, 0.29) is 31.1 Å². The van der Waals surface area contributed by atoms with Crippen molar-refractivity contribution in [3.63, 3.8) is 0 Å². The van der Waals surface area contributed by atoms with Gasteiger partial charge in [0.05, 0.1) is 0 Å². The van der Waals surface area contributed by atoms with Crippen LogP contribution in [0, 0.1) is 0 Å². The molecule has 0 heterocycles. The zero-order valence-electron chi connectivity index (χ0n) is 53.3. The van der Waals surface area contributed by atoms with Gasteiger partial charge in [-0.15, -0.1) is 0 Å². The molecule has 0 aliphatic rings. The molecule has 0 aliphatic heterocycles. The van der Waals surface area contributed by atoms with Crippen molar-refractivity contribution in [1.29, 1.82) is 0 Å². The summed E-state index contributed by atoms with van der Waals surface area (Å²) in [6, 6.07) is 0. The van der Waals surface area contributed by atoms with Gasteiger partial charge in [0.25, 0.3) is 0 Å². The fraction of sp³-hybridized carbons (Fsp3) is 0.797. The third-order valence-electron chi connectivity index (χ3n) is 15.4. The molecule has 1 atom stereocenters. The van der Waals surface area contributed by atoms with E-state index in [9.17, 15) is 14.4 Å². The van der Waals surface area contributed by atoms with E-state index in [0.717, 1.165) is 96.3 Å². The molecule has 0 radical (unpaired) electrons. The lowest BCUT2D eigenvalue weighted by Crippen LogP contribution is -2.30. The van der Waals surface area contributed by atoms with Crippen LogP contribution in [0.5, 0.6) is 0 Å². The second-order valence-corrected chi connectivity index (χ2v) is 23.4. The molecule has 80 heavy (non-hydrogen) atoms. The molecule has 0 N–H and O–H groups in total. The van der Waals surface area contributed by atoms with Crippen LogP contribution in [-0.4, -0.2) is 37.2 Å². The Morgan fingerprint density at radius 2 is 0.512 bits per heavy atom. The summed E-state index contributed by atoms with van der Waals surface area (Å²) in [4.78, 5) is 38.3. The Morgan fingerprint density at radius 3 is 0.825 bits per heavy atom. The lowest BCUT2D eigenvalue weighted by molar-refractivity contribution is -0.167. The number of rotatable bonds is 64. The standard InChI is InChI=1S/C74H132O6/c1-4-7-10-13-16-19-22-24-26-28-30-32-34-36-37-39-40-42-44-46-48-50-52-55-58-61-64-67-73(76)79-70-71(69-78-72(75)66-63-60-57-54-21-18-15-12-9-6-3)80-74(77)68-65-62-59-56-53-51-49-47-45-43-41-38-35-33-31-29-27-25-23-20-17-14-11-8-5-2/h8,11-12,15,17,20,25,27-28,30-31,33,71H,4-7,9-10,13-14,16,18-19,21-24,26,29,32,34-70H2,1-3H3/b11-8-,15-12-,20-17-,27-25-,30-28-,33-31-. The fourth-order valence-electron chi connectivity index (χ4n) is 10.2. The fourth-order valence-corrected chi connectivity index (χ4v) is 10.2. The minimum absolute atomic E-state index is 0.0755. The van der Waals surface area contributed by atoms with Crippen LogP contribution in [-0.2, 0) is 28.6 Å². The van der Waals surface area contributed by atoms with Crippen molar-refractivity contribution in [2.75, 3.05) is 13.2 Å². The van der Waals surface area contributed by atoms with Gasteiger partial charge in [0.15, 0.2) is 6.10 Å². The molecule has 0 saturated heterocycles. The normalized spacial score (nSPS) is 12.5. The topological polar surface area (TPSA) is 78.9 Å². The number of carbonyl (C=O) groups is 3. The van der Waals surface area contributed by atoms with Crippen LogP contribution in [0.3, 0.4) is 0 Å². The monoisotopic (exact) mass is 1120 g/mol. The van der Waals surface area contributed by atoms with Gasteiger partial charge in [0.2, 0.25) is 0 Å². The molecule has 1 unspecified atom stereocenters. The summed E-state index contributed by atoms with van der Waals surface area (Å²) in [6.07, 6.45) is 89.4. The first kappa shape index (κ1) is 76.9. The van der Waals surface area contributed by atoms with Crippen LogP contribution >= 0.6 is 0 Å². The summed E-state index contributed by atoms with van der Waals surface area (Å²) >= 11 is 0. The van der Waals surface area contributed by atoms with Crippen molar-refractivity contribution in [2.24, 2.45) is 0 Å². The highest BCUT2D eigenvalue weighted by atomic mass is 16.6. The molecular formula is C74H132O6. The van der Waals surface area contributed by atoms with Crippen LogP contribution in [0.25, 0.3) is 0 Å². The molecule has 0 aromatic heterocycles. The van der Waals surface area contributed by atoms with E-state index in [1.807, 2.05) is 0 Å². The molecule has 0 aliphatic carbocycles. The zero-order valence-corrected chi connectivity index (χ0v) is 53.3. The van der Waals surface area contributed by atoms with Gasteiger partial charge in [-0.3, -0.25) is 14.4 Å². The largest absolute Gasteiger partial charge is 0.462 e. The van der Waals surface area contributed by atoms with Crippen LogP contribution in [0.4, 0.5) is 0 Å². The molecule has 0 aromatic rings. The van der Waals surface area contributed by atoms with Gasteiger partial charge in [0, 0.05) is 19.3 Å². The Kier molecular flexibility index (Phi) is 65.7. The number of ether oxygens (including phenoxy) is 3. The molecular weight excluding hydrogens is 985 g/mol. The molecule has 0 rings (SSSR count). The average Bonchev–Trinajstić information content (AvgIpc) is 3.46. The summed E-state index contributed by atoms with van der Waals surface area (Å²) in [5.41, 5.74) is 0. The zero-order chi connectivity index (χ0) is 57.8. The van der Waals surface area contributed by atoms with Crippen molar-refractivity contribution >= 4 is 17.9 Å². The van der Waals surface area contributed by atoms with Gasteiger partial charge in [-0.1, -0.05) is 312 Å². The predicted molar refractivity (Wildman–Crippen MR) is 348 cm³/mol. The van der Waals surface area contributed by atoms with Gasteiger partial charge in [-0.25, -0.2) is 0 Å². The summed E-state index contributed by atoms with van der Waals surface area (Å²) in [7, 11) is 0. The third-order valence-corrected chi connectivity index (χ3v) is 15.4. The molecule has 464 valence electrons. The molecule has 0 spiro atoms. The lowest BCUT2D eigenvalue weighted by Gasteiger charge is -2.18. The third kappa shape index (κ3) is 65.7. The highest BCUT2D eigenvalue weighted by molar-refractivity contribution is 5.71. The second-order valence-electron chi connectivity index (χ2n) is 23.4. The number of esters is 3. The molecule has 0 saturated carbocycles. The van der Waals surface area contributed by atoms with Crippen LogP contribution in [0.2, 0.25) is 0 Å². The molecule has 0 amide bonds. The average molecular weight is 1120 g/mol. The maximum Gasteiger partial charge on any atom is 0.306 e. The number of allylic oxidation sites excluding steroid dienone is 12. The Labute approximate surface area is 497 Å². The van der Waals surface area contributed by atoms with Gasteiger partial charge >= 0.3 is 17.9 Å². The van der Waals surface area contributed by atoms with Gasteiger partial charge in [0.1, 0.15) is 13.2 Å². The number of carbonyl (C=O) groups excluding carboxylic acids is 3. The van der Waals surface area contributed by atoms with Crippen molar-refractivity contribution in [1.82, 2.24) is 0 Å². The van der Waals surface area contributed by atoms with Crippen molar-refractivity contribution in [3.8, 4) is 0 Å². The Hall–Kier alpha value is -3.15. The van der Waals surface area contributed by atoms with Crippen molar-refractivity contribution < 1.29 is 28.6 Å². The summed E-state index contributed by atoms with van der Waals surface area (Å²) in [5, 5.41) is 0.